The van der Waals surface area contributed by atoms with Crippen LogP contribution in [0.4, 0.5) is 4.39 Å². The maximum atomic E-state index is 14.0. The molecule has 8 nitrogen and oxygen atoms in total. The first-order valence-corrected chi connectivity index (χ1v) is 14.6. The van der Waals surface area contributed by atoms with Crippen LogP contribution in [-0.4, -0.2) is 30.9 Å². The lowest BCUT2D eigenvalue weighted by molar-refractivity contribution is -0.139. The third-order valence-corrected chi connectivity index (χ3v) is 7.81. The molecule has 10 heteroatoms. The van der Waals surface area contributed by atoms with Gasteiger partial charge in [0.25, 0.3) is 5.56 Å². The minimum atomic E-state index is -0.781. The first-order chi connectivity index (χ1) is 20.8. The number of nitrogens with zero attached hydrogens (tertiary/aromatic N) is 2. The number of halogens is 1. The molecule has 0 saturated carbocycles. The Morgan fingerprint density at radius 3 is 2.49 bits per heavy atom. The summed E-state index contributed by atoms with van der Waals surface area (Å²) in [6, 6.07) is 18.0. The molecule has 1 aromatic heterocycles. The van der Waals surface area contributed by atoms with Crippen molar-refractivity contribution in [3.8, 4) is 17.2 Å². The van der Waals surface area contributed by atoms with Gasteiger partial charge in [0.15, 0.2) is 16.3 Å². The molecule has 0 spiro atoms. The second-order valence-corrected chi connectivity index (χ2v) is 10.6. The van der Waals surface area contributed by atoms with Crippen molar-refractivity contribution in [2.75, 3.05) is 20.3 Å². The Labute approximate surface area is 252 Å². The minimum Gasteiger partial charge on any atom is -0.494 e. The van der Waals surface area contributed by atoms with E-state index in [9.17, 15) is 14.0 Å². The molecule has 4 aromatic rings. The van der Waals surface area contributed by atoms with Gasteiger partial charge in [-0.2, -0.15) is 0 Å². The maximum Gasteiger partial charge on any atom is 0.338 e. The van der Waals surface area contributed by atoms with Crippen LogP contribution in [0.3, 0.4) is 0 Å². The summed E-state index contributed by atoms with van der Waals surface area (Å²) >= 11 is 1.23. The van der Waals surface area contributed by atoms with E-state index in [-0.39, 0.29) is 30.2 Å². The second-order valence-electron chi connectivity index (χ2n) is 9.60. The fraction of sp³-hybridized carbons (Fsp3) is 0.242. The molecule has 0 aliphatic carbocycles. The lowest BCUT2D eigenvalue weighted by Gasteiger charge is -2.26. The van der Waals surface area contributed by atoms with Gasteiger partial charge in [0.1, 0.15) is 24.2 Å². The zero-order chi connectivity index (χ0) is 30.5. The van der Waals surface area contributed by atoms with Crippen molar-refractivity contribution >= 4 is 23.4 Å². The monoisotopic (exact) mass is 602 g/mol. The third-order valence-electron chi connectivity index (χ3n) is 6.82. The zero-order valence-electron chi connectivity index (χ0n) is 24.3. The lowest BCUT2D eigenvalue weighted by Crippen LogP contribution is -2.40. The molecule has 1 atom stereocenters. The van der Waals surface area contributed by atoms with Crippen molar-refractivity contribution in [3.05, 3.63) is 120 Å². The molecule has 43 heavy (non-hydrogen) atoms. The topological polar surface area (TPSA) is 88.4 Å². The summed E-state index contributed by atoms with van der Waals surface area (Å²) in [5.74, 6) is 0.714. The molecule has 5 rings (SSSR count). The number of benzene rings is 3. The molecule has 0 bridgehead atoms. The average Bonchev–Trinajstić information content (AvgIpc) is 3.30. The highest BCUT2D eigenvalue weighted by atomic mass is 32.1. The highest BCUT2D eigenvalue weighted by Crippen LogP contribution is 2.36. The SMILES string of the molecule is CCOC(=O)C1=C(C)N=c2s/c(=C\c3ccc(OCc4ccc(F)cc4)c(OC)c3)c(=O)n2[C@H]1c1ccccc1OCC. The minimum absolute atomic E-state index is 0.186. The summed E-state index contributed by atoms with van der Waals surface area (Å²) in [7, 11) is 1.53. The Hall–Kier alpha value is -4.70. The molecule has 0 saturated heterocycles. The molecule has 1 aliphatic heterocycles. The number of ether oxygens (including phenoxy) is 4. The van der Waals surface area contributed by atoms with Gasteiger partial charge in [-0.15, -0.1) is 0 Å². The average molecular weight is 603 g/mol. The number of carbonyl (C=O) groups excluding carboxylic acids is 1. The van der Waals surface area contributed by atoms with E-state index in [1.165, 1.54) is 35.1 Å². The highest BCUT2D eigenvalue weighted by molar-refractivity contribution is 7.07. The van der Waals surface area contributed by atoms with Gasteiger partial charge in [-0.3, -0.25) is 9.36 Å². The molecule has 2 heterocycles. The van der Waals surface area contributed by atoms with E-state index < -0.39 is 12.0 Å². The van der Waals surface area contributed by atoms with Gasteiger partial charge in [-0.05, 0) is 68.3 Å². The van der Waals surface area contributed by atoms with Crippen LogP contribution >= 0.6 is 11.3 Å². The van der Waals surface area contributed by atoms with Crippen LogP contribution in [0.5, 0.6) is 17.2 Å². The first kappa shape index (κ1) is 29.8. The Morgan fingerprint density at radius 1 is 1.00 bits per heavy atom. The first-order valence-electron chi connectivity index (χ1n) is 13.8. The van der Waals surface area contributed by atoms with Crippen LogP contribution in [0, 0.1) is 5.82 Å². The molecule has 0 unspecified atom stereocenters. The number of methoxy groups -OCH3 is 1. The van der Waals surface area contributed by atoms with Crippen molar-refractivity contribution in [1.82, 2.24) is 4.57 Å². The van der Waals surface area contributed by atoms with Crippen LogP contribution in [0.15, 0.2) is 87.8 Å². The number of fused-ring (bicyclic) bond motifs is 1. The summed E-state index contributed by atoms with van der Waals surface area (Å²) in [5.41, 5.74) is 2.66. The van der Waals surface area contributed by atoms with Crippen LogP contribution in [-0.2, 0) is 16.1 Å². The quantitative estimate of drug-likeness (QED) is 0.240. The van der Waals surface area contributed by atoms with E-state index in [1.54, 1.807) is 44.2 Å². The van der Waals surface area contributed by atoms with Gasteiger partial charge in [0, 0.05) is 5.56 Å². The van der Waals surface area contributed by atoms with Gasteiger partial charge < -0.3 is 18.9 Å². The smallest absolute Gasteiger partial charge is 0.338 e. The fourth-order valence-corrected chi connectivity index (χ4v) is 5.91. The molecule has 0 N–H and O–H groups in total. The van der Waals surface area contributed by atoms with Gasteiger partial charge in [0.2, 0.25) is 0 Å². The van der Waals surface area contributed by atoms with E-state index in [2.05, 4.69) is 4.99 Å². The van der Waals surface area contributed by atoms with Crippen molar-refractivity contribution in [2.45, 2.75) is 33.4 Å². The number of hydrogen-bond donors (Lipinski definition) is 0. The Bertz CT molecular complexity index is 1860. The second kappa shape index (κ2) is 13.1. The number of carbonyl (C=O) groups is 1. The third kappa shape index (κ3) is 6.24. The summed E-state index contributed by atoms with van der Waals surface area (Å²) in [6.45, 7) is 6.20. The normalized spacial score (nSPS) is 14.6. The van der Waals surface area contributed by atoms with Crippen molar-refractivity contribution in [2.24, 2.45) is 4.99 Å². The van der Waals surface area contributed by atoms with Crippen LogP contribution in [0.25, 0.3) is 6.08 Å². The van der Waals surface area contributed by atoms with E-state index in [0.717, 1.165) is 5.56 Å². The fourth-order valence-electron chi connectivity index (χ4n) is 4.87. The molecular formula is C33H31FN2O6S. The lowest BCUT2D eigenvalue weighted by atomic mass is 9.95. The number of esters is 1. The number of aromatic nitrogens is 1. The summed E-state index contributed by atoms with van der Waals surface area (Å²) in [4.78, 5) is 32.3. The largest absolute Gasteiger partial charge is 0.494 e. The zero-order valence-corrected chi connectivity index (χ0v) is 25.1. The Kier molecular flexibility index (Phi) is 9.06. The molecule has 1 aliphatic rings. The molecule has 0 amide bonds. The van der Waals surface area contributed by atoms with E-state index in [0.29, 0.717) is 50.0 Å². The number of rotatable bonds is 10. The summed E-state index contributed by atoms with van der Waals surface area (Å²) < 4.78 is 37.9. The Balaban J connectivity index is 1.56. The van der Waals surface area contributed by atoms with Crippen LogP contribution in [0.2, 0.25) is 0 Å². The van der Waals surface area contributed by atoms with Gasteiger partial charge in [-0.1, -0.05) is 47.7 Å². The molecule has 0 radical (unpaired) electrons. The molecule has 3 aromatic carbocycles. The van der Waals surface area contributed by atoms with E-state index in [4.69, 9.17) is 18.9 Å². The number of para-hydroxylation sites is 1. The molecular weight excluding hydrogens is 571 g/mol. The summed E-state index contributed by atoms with van der Waals surface area (Å²) in [5, 5.41) is 0. The predicted octanol–water partition coefficient (Wildman–Crippen LogP) is 4.92. The predicted molar refractivity (Wildman–Crippen MR) is 162 cm³/mol. The van der Waals surface area contributed by atoms with E-state index >= 15 is 0 Å². The standard InChI is InChI=1S/C33H31FN2O6S/c1-5-40-25-10-8-7-9-24(25)30-29(32(38)41-6-2)20(3)35-33-36(30)31(37)28(43-33)18-22-13-16-26(27(17-22)39-4)42-19-21-11-14-23(34)15-12-21/h7-18,30H,5-6,19H2,1-4H3/b28-18-/t30-/m0/s1. The van der Waals surface area contributed by atoms with E-state index in [1.807, 2.05) is 37.3 Å². The maximum absolute atomic E-state index is 14.0. The Morgan fingerprint density at radius 2 is 1.77 bits per heavy atom. The number of thiazole rings is 1. The molecule has 0 fully saturated rings. The van der Waals surface area contributed by atoms with Crippen molar-refractivity contribution in [1.29, 1.82) is 0 Å². The van der Waals surface area contributed by atoms with Crippen LogP contribution in [0.1, 0.15) is 43.5 Å². The molecule has 222 valence electrons. The summed E-state index contributed by atoms with van der Waals surface area (Å²) in [6.07, 6.45) is 1.75. The van der Waals surface area contributed by atoms with Gasteiger partial charge in [0.05, 0.1) is 36.1 Å². The number of hydrogen-bond acceptors (Lipinski definition) is 8. The van der Waals surface area contributed by atoms with Gasteiger partial charge >= 0.3 is 5.97 Å². The van der Waals surface area contributed by atoms with Crippen LogP contribution < -0.4 is 29.1 Å². The van der Waals surface area contributed by atoms with Crippen molar-refractivity contribution in [3.63, 3.8) is 0 Å². The number of allylic oxidation sites excluding steroid dienone is 1. The van der Waals surface area contributed by atoms with Gasteiger partial charge in [-0.25, -0.2) is 14.2 Å². The highest BCUT2D eigenvalue weighted by Gasteiger charge is 2.35. The van der Waals surface area contributed by atoms with Crippen molar-refractivity contribution < 1.29 is 28.1 Å².